The molecule has 0 aliphatic heterocycles. The van der Waals surface area contributed by atoms with Crippen molar-refractivity contribution in [1.82, 2.24) is 4.57 Å². The van der Waals surface area contributed by atoms with Crippen molar-refractivity contribution in [2.24, 2.45) is 0 Å². The molecule has 7 nitrogen and oxygen atoms in total. The molecule has 36 heavy (non-hydrogen) atoms. The molecule has 0 radical (unpaired) electrons. The third-order valence-electron chi connectivity index (χ3n) is 5.83. The molecule has 0 bridgehead atoms. The number of nitrogens with zero attached hydrogens (tertiary/aromatic N) is 1. The second kappa shape index (κ2) is 10.8. The Balaban J connectivity index is 1.76. The molecule has 184 valence electrons. The van der Waals surface area contributed by atoms with E-state index >= 15 is 0 Å². The maximum atomic E-state index is 13.2. The summed E-state index contributed by atoms with van der Waals surface area (Å²) in [6.07, 6.45) is 0. The maximum Gasteiger partial charge on any atom is 0.339 e. The van der Waals surface area contributed by atoms with Crippen molar-refractivity contribution in [3.8, 4) is 28.4 Å². The molecule has 1 heterocycles. The molecule has 4 aromatic rings. The zero-order chi connectivity index (χ0) is 25.7. The molecule has 0 saturated carbocycles. The van der Waals surface area contributed by atoms with Gasteiger partial charge in [0.15, 0.2) is 0 Å². The van der Waals surface area contributed by atoms with E-state index in [1.54, 1.807) is 51.5 Å². The average molecular weight is 485 g/mol. The van der Waals surface area contributed by atoms with E-state index in [9.17, 15) is 9.59 Å². The summed E-state index contributed by atoms with van der Waals surface area (Å²) < 4.78 is 17.9. The Labute approximate surface area is 210 Å². The third-order valence-corrected chi connectivity index (χ3v) is 5.83. The predicted molar refractivity (Wildman–Crippen MR) is 139 cm³/mol. The first-order chi connectivity index (χ1) is 17.5. The lowest BCUT2D eigenvalue weighted by Gasteiger charge is -2.15. The molecular formula is C29H28N2O5. The van der Waals surface area contributed by atoms with Crippen LogP contribution in [0.2, 0.25) is 0 Å². The zero-order valence-electron chi connectivity index (χ0n) is 20.7. The average Bonchev–Trinajstić information content (AvgIpc) is 3.26. The highest BCUT2D eigenvalue weighted by Crippen LogP contribution is 2.32. The Morgan fingerprint density at radius 1 is 0.889 bits per heavy atom. The highest BCUT2D eigenvalue weighted by atomic mass is 16.5. The minimum atomic E-state index is -0.384. The lowest BCUT2D eigenvalue weighted by Crippen LogP contribution is -2.13. The number of aromatic nitrogens is 1. The highest BCUT2D eigenvalue weighted by Gasteiger charge is 2.21. The van der Waals surface area contributed by atoms with Gasteiger partial charge in [-0.05, 0) is 55.8 Å². The largest absolute Gasteiger partial charge is 0.497 e. The zero-order valence-corrected chi connectivity index (χ0v) is 20.7. The van der Waals surface area contributed by atoms with Gasteiger partial charge in [-0.3, -0.25) is 4.79 Å². The van der Waals surface area contributed by atoms with Gasteiger partial charge < -0.3 is 24.1 Å². The van der Waals surface area contributed by atoms with E-state index in [0.717, 1.165) is 22.6 Å². The molecule has 0 fully saturated rings. The number of anilines is 1. The van der Waals surface area contributed by atoms with E-state index in [2.05, 4.69) is 5.32 Å². The summed E-state index contributed by atoms with van der Waals surface area (Å²) in [5, 5.41) is 2.90. The number of carbonyl (C=O) groups is 2. The molecule has 0 unspecified atom stereocenters. The van der Waals surface area contributed by atoms with Gasteiger partial charge in [0.05, 0.1) is 37.8 Å². The van der Waals surface area contributed by atoms with Crippen molar-refractivity contribution in [3.63, 3.8) is 0 Å². The standard InChI is InChI=1S/C29H28N2O5/c1-5-36-29(33)24-18-26(20-10-7-6-8-11-20)31(19(24)2)22-13-9-12-21(16-22)28(32)30-25-17-23(34-3)14-15-27(25)35-4/h6-18H,5H2,1-4H3,(H,30,32). The Kier molecular flexibility index (Phi) is 7.39. The summed E-state index contributed by atoms with van der Waals surface area (Å²) in [5.41, 5.74) is 4.65. The molecule has 7 heteroatoms. The number of amides is 1. The Morgan fingerprint density at radius 2 is 1.67 bits per heavy atom. The molecule has 0 aliphatic carbocycles. The fraction of sp³-hybridized carbons (Fsp3) is 0.172. The summed E-state index contributed by atoms with van der Waals surface area (Å²) >= 11 is 0. The van der Waals surface area contributed by atoms with E-state index in [-0.39, 0.29) is 18.5 Å². The topological polar surface area (TPSA) is 78.8 Å². The summed E-state index contributed by atoms with van der Waals surface area (Å²) in [6, 6.07) is 24.0. The summed E-state index contributed by atoms with van der Waals surface area (Å²) in [6.45, 7) is 3.93. The molecule has 0 saturated heterocycles. The van der Waals surface area contributed by atoms with Crippen LogP contribution in [0.1, 0.15) is 33.3 Å². The van der Waals surface area contributed by atoms with Crippen LogP contribution in [0.25, 0.3) is 16.9 Å². The van der Waals surface area contributed by atoms with Crippen LogP contribution in [0.15, 0.2) is 78.9 Å². The van der Waals surface area contributed by atoms with Gasteiger partial charge in [0, 0.05) is 23.0 Å². The second-order valence-corrected chi connectivity index (χ2v) is 8.02. The van der Waals surface area contributed by atoms with Gasteiger partial charge >= 0.3 is 5.97 Å². The molecular weight excluding hydrogens is 456 g/mol. The van der Waals surface area contributed by atoms with Crippen LogP contribution in [0, 0.1) is 6.92 Å². The third kappa shape index (κ3) is 4.95. The Bertz CT molecular complexity index is 1390. The van der Waals surface area contributed by atoms with Gasteiger partial charge in [-0.2, -0.15) is 0 Å². The number of esters is 1. The van der Waals surface area contributed by atoms with Gasteiger partial charge in [-0.15, -0.1) is 0 Å². The van der Waals surface area contributed by atoms with Crippen LogP contribution < -0.4 is 14.8 Å². The minimum Gasteiger partial charge on any atom is -0.497 e. The van der Waals surface area contributed by atoms with Crippen LogP contribution in [-0.4, -0.2) is 37.3 Å². The Morgan fingerprint density at radius 3 is 2.36 bits per heavy atom. The predicted octanol–water partition coefficient (Wildman–Crippen LogP) is 5.90. The number of nitrogens with one attached hydrogen (secondary N) is 1. The number of carbonyl (C=O) groups excluding carboxylic acids is 2. The van der Waals surface area contributed by atoms with Crippen LogP contribution >= 0.6 is 0 Å². The van der Waals surface area contributed by atoms with Crippen LogP contribution in [-0.2, 0) is 4.74 Å². The monoisotopic (exact) mass is 484 g/mol. The van der Waals surface area contributed by atoms with Crippen molar-refractivity contribution in [1.29, 1.82) is 0 Å². The van der Waals surface area contributed by atoms with E-state index in [0.29, 0.717) is 28.3 Å². The summed E-state index contributed by atoms with van der Waals surface area (Å²) in [7, 11) is 3.10. The Hall–Kier alpha value is -4.52. The molecule has 0 aliphatic rings. The van der Waals surface area contributed by atoms with Gasteiger partial charge in [0.25, 0.3) is 5.91 Å². The van der Waals surface area contributed by atoms with Crippen molar-refractivity contribution < 1.29 is 23.8 Å². The van der Waals surface area contributed by atoms with Gasteiger partial charge in [0.2, 0.25) is 0 Å². The number of rotatable bonds is 8. The number of hydrogen-bond acceptors (Lipinski definition) is 5. The number of benzene rings is 3. The number of ether oxygens (including phenoxy) is 3. The van der Waals surface area contributed by atoms with Crippen molar-refractivity contribution in [2.45, 2.75) is 13.8 Å². The fourth-order valence-corrected chi connectivity index (χ4v) is 4.07. The quantitative estimate of drug-likeness (QED) is 0.315. The lowest BCUT2D eigenvalue weighted by molar-refractivity contribution is 0.0525. The molecule has 0 spiro atoms. The molecule has 0 atom stereocenters. The smallest absolute Gasteiger partial charge is 0.339 e. The molecule has 1 N–H and O–H groups in total. The first-order valence-corrected chi connectivity index (χ1v) is 11.6. The van der Waals surface area contributed by atoms with E-state index < -0.39 is 0 Å². The van der Waals surface area contributed by atoms with Gasteiger partial charge in [-0.25, -0.2) is 4.79 Å². The normalized spacial score (nSPS) is 10.6. The van der Waals surface area contributed by atoms with Crippen LogP contribution in [0.4, 0.5) is 5.69 Å². The van der Waals surface area contributed by atoms with Crippen LogP contribution in [0.3, 0.4) is 0 Å². The minimum absolute atomic E-state index is 0.285. The lowest BCUT2D eigenvalue weighted by atomic mass is 10.1. The molecule has 4 rings (SSSR count). The van der Waals surface area contributed by atoms with Crippen LogP contribution in [0.5, 0.6) is 11.5 Å². The van der Waals surface area contributed by atoms with E-state index in [4.69, 9.17) is 14.2 Å². The van der Waals surface area contributed by atoms with Crippen molar-refractivity contribution in [3.05, 3.63) is 95.7 Å². The molecule has 3 aromatic carbocycles. The van der Waals surface area contributed by atoms with Crippen molar-refractivity contribution in [2.75, 3.05) is 26.1 Å². The highest BCUT2D eigenvalue weighted by molar-refractivity contribution is 6.05. The fourth-order valence-electron chi connectivity index (χ4n) is 4.07. The van der Waals surface area contributed by atoms with E-state index in [1.165, 1.54) is 0 Å². The first-order valence-electron chi connectivity index (χ1n) is 11.6. The van der Waals surface area contributed by atoms with Gasteiger partial charge in [-0.1, -0.05) is 36.4 Å². The SMILES string of the molecule is CCOC(=O)c1cc(-c2ccccc2)n(-c2cccc(C(=O)Nc3cc(OC)ccc3OC)c2)c1C. The number of hydrogen-bond donors (Lipinski definition) is 1. The van der Waals surface area contributed by atoms with Crippen molar-refractivity contribution >= 4 is 17.6 Å². The number of methoxy groups -OCH3 is 2. The maximum absolute atomic E-state index is 13.2. The summed E-state index contributed by atoms with van der Waals surface area (Å²) in [4.78, 5) is 25.9. The second-order valence-electron chi connectivity index (χ2n) is 8.02. The summed E-state index contributed by atoms with van der Waals surface area (Å²) in [5.74, 6) is 0.429. The van der Waals surface area contributed by atoms with Gasteiger partial charge in [0.1, 0.15) is 11.5 Å². The van der Waals surface area contributed by atoms with E-state index in [1.807, 2.05) is 60.0 Å². The molecule has 1 amide bonds. The first kappa shape index (κ1) is 24.6. The molecule has 1 aromatic heterocycles.